The summed E-state index contributed by atoms with van der Waals surface area (Å²) in [7, 11) is 1.52. The monoisotopic (exact) mass is 385 g/mol. The number of methoxy groups -OCH3 is 1. The molecule has 1 aliphatic heterocycles. The number of benzene rings is 2. The van der Waals surface area contributed by atoms with Gasteiger partial charge in [0.2, 0.25) is 16.6 Å². The Morgan fingerprint density at radius 3 is 2.43 bits per heavy atom. The van der Waals surface area contributed by atoms with E-state index in [1.807, 2.05) is 30.3 Å². The van der Waals surface area contributed by atoms with E-state index in [2.05, 4.69) is 10.2 Å². The molecule has 1 saturated heterocycles. The Kier molecular flexibility index (Phi) is 6.23. The highest BCUT2D eigenvalue weighted by Crippen LogP contribution is 2.34. The van der Waals surface area contributed by atoms with Crippen molar-refractivity contribution >= 4 is 17.3 Å². The summed E-state index contributed by atoms with van der Waals surface area (Å²) in [5, 5.41) is 14.6. The first kappa shape index (κ1) is 19.8. The Hall–Kier alpha value is -2.97. The van der Waals surface area contributed by atoms with Gasteiger partial charge in [-0.3, -0.25) is 9.69 Å². The van der Waals surface area contributed by atoms with Gasteiger partial charge in [0, 0.05) is 24.7 Å². The molecule has 0 aromatic heterocycles. The molecule has 0 spiro atoms. The van der Waals surface area contributed by atoms with E-state index in [1.54, 1.807) is 24.3 Å². The Morgan fingerprint density at radius 2 is 1.79 bits per heavy atom. The lowest BCUT2D eigenvalue weighted by Crippen LogP contribution is -2.64. The van der Waals surface area contributed by atoms with Gasteiger partial charge in [-0.15, -0.1) is 0 Å². The largest absolute Gasteiger partial charge is 0.491 e. The van der Waals surface area contributed by atoms with E-state index in [0.717, 1.165) is 5.69 Å². The Balaban J connectivity index is 1.59. The number of nitrogens with one attached hydrogen (secondary N) is 1. The van der Waals surface area contributed by atoms with Gasteiger partial charge in [0.1, 0.15) is 0 Å². The Morgan fingerprint density at radius 1 is 1.14 bits per heavy atom. The summed E-state index contributed by atoms with van der Waals surface area (Å²) < 4.78 is 5.00. The van der Waals surface area contributed by atoms with Crippen LogP contribution in [-0.4, -0.2) is 55.7 Å². The van der Waals surface area contributed by atoms with Crippen molar-refractivity contribution in [1.29, 1.82) is 0 Å². The van der Waals surface area contributed by atoms with Crippen LogP contribution < -0.4 is 14.6 Å². The first-order valence-corrected chi connectivity index (χ1v) is 9.28. The van der Waals surface area contributed by atoms with E-state index in [1.165, 1.54) is 7.11 Å². The average molecular weight is 385 g/mol. The van der Waals surface area contributed by atoms with Crippen LogP contribution >= 0.6 is 0 Å². The molecule has 2 aromatic rings. The lowest BCUT2D eigenvalue weighted by molar-refractivity contribution is -0.644. The third kappa shape index (κ3) is 4.29. The van der Waals surface area contributed by atoms with Gasteiger partial charge in [0.15, 0.2) is 18.8 Å². The Bertz CT molecular complexity index is 820. The predicted molar refractivity (Wildman–Crippen MR) is 108 cm³/mol. The summed E-state index contributed by atoms with van der Waals surface area (Å²) in [5.41, 5.74) is 1.34. The number of nitro groups is 1. The molecule has 1 amide bonds. The maximum atomic E-state index is 12.1. The number of anilines is 1. The molecule has 0 bridgehead atoms. The number of nitrogens with zero attached hydrogens (tertiary/aromatic N) is 3. The summed E-state index contributed by atoms with van der Waals surface area (Å²) in [6, 6.07) is 16.4. The third-order valence-corrected chi connectivity index (χ3v) is 5.13. The van der Waals surface area contributed by atoms with Crippen molar-refractivity contribution in [3.8, 4) is 5.75 Å². The van der Waals surface area contributed by atoms with Crippen LogP contribution in [0.25, 0.3) is 0 Å². The molecule has 1 heterocycles. The van der Waals surface area contributed by atoms with Crippen LogP contribution in [0.3, 0.4) is 0 Å². The summed E-state index contributed by atoms with van der Waals surface area (Å²) in [5.74, 6) is 0.464. The molecule has 1 N–H and O–H groups in total. The van der Waals surface area contributed by atoms with Crippen LogP contribution in [-0.2, 0) is 4.79 Å². The molecule has 0 atom stereocenters. The van der Waals surface area contributed by atoms with Crippen molar-refractivity contribution in [1.82, 2.24) is 9.49 Å². The summed E-state index contributed by atoms with van der Waals surface area (Å²) in [6.45, 7) is 2.30. The third-order valence-electron chi connectivity index (χ3n) is 5.13. The van der Waals surface area contributed by atoms with Gasteiger partial charge in [0.25, 0.3) is 0 Å². The zero-order valence-electron chi connectivity index (χ0n) is 15.9. The van der Waals surface area contributed by atoms with Crippen LogP contribution in [0, 0.1) is 10.1 Å². The van der Waals surface area contributed by atoms with Gasteiger partial charge in [-0.2, -0.15) is 0 Å². The Labute approximate surface area is 164 Å². The van der Waals surface area contributed by atoms with E-state index in [4.69, 9.17) is 4.74 Å². The van der Waals surface area contributed by atoms with Crippen LogP contribution in [0.1, 0.15) is 6.42 Å². The number of para-hydroxylation sites is 3. The van der Waals surface area contributed by atoms with Gasteiger partial charge < -0.3 is 10.1 Å². The summed E-state index contributed by atoms with van der Waals surface area (Å²) in [6.07, 6.45) is 0.349. The van der Waals surface area contributed by atoms with E-state index < -0.39 is 0 Å². The SMILES string of the molecule is COc1ccccc1[N+]1([N+](=O)[O-])CCN(CCC(=O)Nc2ccccc2)CC1. The normalized spacial score (nSPS) is 16.3. The summed E-state index contributed by atoms with van der Waals surface area (Å²) >= 11 is 0. The van der Waals surface area contributed by atoms with Crippen LogP contribution in [0.2, 0.25) is 0 Å². The standard InChI is InChI=1S/C20H24N4O4/c1-28-19-10-6-5-9-18(19)24(23(26)27)15-13-22(14-16-24)12-11-20(25)21-17-7-3-2-4-8-17/h2-10H,11-16H2,1H3/p+1. The van der Waals surface area contributed by atoms with E-state index in [9.17, 15) is 14.9 Å². The quantitative estimate of drug-likeness (QED) is 0.450. The molecule has 28 heavy (non-hydrogen) atoms. The van der Waals surface area contributed by atoms with E-state index in [-0.39, 0.29) is 15.5 Å². The molecular formula is C20H25N4O4+. The highest BCUT2D eigenvalue weighted by molar-refractivity contribution is 5.90. The number of ether oxygens (including phenoxy) is 1. The van der Waals surface area contributed by atoms with Crippen molar-refractivity contribution in [2.24, 2.45) is 0 Å². The first-order chi connectivity index (χ1) is 13.5. The highest BCUT2D eigenvalue weighted by atomic mass is 16.7. The van der Waals surface area contributed by atoms with E-state index >= 15 is 0 Å². The molecule has 0 unspecified atom stereocenters. The van der Waals surface area contributed by atoms with Crippen molar-refractivity contribution < 1.29 is 14.6 Å². The van der Waals surface area contributed by atoms with Crippen LogP contribution in [0.5, 0.6) is 5.75 Å². The highest BCUT2D eigenvalue weighted by Gasteiger charge is 2.48. The molecule has 148 valence electrons. The molecule has 8 nitrogen and oxygen atoms in total. The zero-order chi connectivity index (χ0) is 20.0. The number of hydrogen-bond acceptors (Lipinski definition) is 5. The number of carbonyl (C=O) groups is 1. The molecule has 0 saturated carbocycles. The van der Waals surface area contributed by atoms with Crippen molar-refractivity contribution in [2.45, 2.75) is 6.42 Å². The molecule has 2 aromatic carbocycles. The zero-order valence-corrected chi connectivity index (χ0v) is 15.9. The molecule has 8 heteroatoms. The van der Waals surface area contributed by atoms with Gasteiger partial charge in [-0.1, -0.05) is 30.3 Å². The molecule has 1 aliphatic rings. The minimum absolute atomic E-state index is 0.0588. The molecule has 0 aliphatic carbocycles. The maximum Gasteiger partial charge on any atom is 0.243 e. The number of hydrogen-bond donors (Lipinski definition) is 1. The van der Waals surface area contributed by atoms with Crippen molar-refractivity contribution in [3.63, 3.8) is 0 Å². The van der Waals surface area contributed by atoms with Gasteiger partial charge >= 0.3 is 0 Å². The number of rotatable bonds is 7. The number of amides is 1. The van der Waals surface area contributed by atoms with E-state index in [0.29, 0.717) is 50.6 Å². The molecule has 0 radical (unpaired) electrons. The first-order valence-electron chi connectivity index (χ1n) is 9.28. The minimum Gasteiger partial charge on any atom is -0.491 e. The average Bonchev–Trinajstić information content (AvgIpc) is 2.73. The second-order valence-corrected chi connectivity index (χ2v) is 6.79. The fourth-order valence-electron chi connectivity index (χ4n) is 3.53. The smallest absolute Gasteiger partial charge is 0.243 e. The second kappa shape index (κ2) is 8.81. The molecule has 1 fully saturated rings. The fraction of sp³-hybridized carbons (Fsp3) is 0.350. The van der Waals surface area contributed by atoms with Gasteiger partial charge in [-0.05, 0) is 22.8 Å². The van der Waals surface area contributed by atoms with Crippen LogP contribution in [0.15, 0.2) is 54.6 Å². The fourth-order valence-corrected chi connectivity index (χ4v) is 3.53. The van der Waals surface area contributed by atoms with Crippen molar-refractivity contribution in [3.05, 3.63) is 64.7 Å². The lowest BCUT2D eigenvalue weighted by atomic mass is 10.2. The van der Waals surface area contributed by atoms with Crippen molar-refractivity contribution in [2.75, 3.05) is 45.2 Å². The topological polar surface area (TPSA) is 84.7 Å². The molecular weight excluding hydrogens is 360 g/mol. The molecule has 3 rings (SSSR count). The van der Waals surface area contributed by atoms with Gasteiger partial charge in [0.05, 0.1) is 20.2 Å². The van der Waals surface area contributed by atoms with Gasteiger partial charge in [-0.25, -0.2) is 10.1 Å². The number of piperazine rings is 1. The lowest BCUT2D eigenvalue weighted by Gasteiger charge is -2.35. The maximum absolute atomic E-state index is 12.1. The summed E-state index contributed by atoms with van der Waals surface area (Å²) in [4.78, 5) is 26.2. The minimum atomic E-state index is -0.350. The number of quaternary nitrogens is 1. The van der Waals surface area contributed by atoms with Crippen LogP contribution in [0.4, 0.5) is 11.4 Å². The number of carbonyl (C=O) groups excluding carboxylic acids is 1. The predicted octanol–water partition coefficient (Wildman–Crippen LogP) is 2.54. The second-order valence-electron chi connectivity index (χ2n) is 6.79.